The number of pyridine rings is 1. The lowest BCUT2D eigenvalue weighted by Gasteiger charge is -2.19. The number of ether oxygens (including phenoxy) is 2. The highest BCUT2D eigenvalue weighted by molar-refractivity contribution is 5.75. The van der Waals surface area contributed by atoms with Crippen molar-refractivity contribution < 1.29 is 50.5 Å². The normalized spacial score (nSPS) is 13.0. The number of carboxylic acid groups (broad SMARTS) is 1. The van der Waals surface area contributed by atoms with E-state index in [0.717, 1.165) is 35.1 Å². The average Bonchev–Trinajstić information content (AvgIpc) is 3.35. The van der Waals surface area contributed by atoms with E-state index in [2.05, 4.69) is 15.2 Å². The zero-order chi connectivity index (χ0) is 31.5. The topological polar surface area (TPSA) is 140 Å². The Kier molecular flexibility index (Phi) is 8.94. The largest absolute Gasteiger partial charge is 0.510 e. The van der Waals surface area contributed by atoms with E-state index < -0.39 is 59.7 Å². The summed E-state index contributed by atoms with van der Waals surface area (Å²) in [5.74, 6) is -1.23. The van der Waals surface area contributed by atoms with Gasteiger partial charge in [-0.1, -0.05) is 12.1 Å². The lowest BCUT2D eigenvalue weighted by molar-refractivity contribution is -0.149. The fraction of sp³-hybridized carbons (Fsp3) is 0.308. The van der Waals surface area contributed by atoms with Gasteiger partial charge in [0.05, 0.1) is 16.7 Å². The maximum Gasteiger partial charge on any atom is 0.510 e. The van der Waals surface area contributed by atoms with Crippen LogP contribution in [0.15, 0.2) is 36.4 Å². The Balaban J connectivity index is 1.93. The molecule has 0 bridgehead atoms. The highest BCUT2D eigenvalue weighted by atomic mass is 19.4. The van der Waals surface area contributed by atoms with E-state index in [0.29, 0.717) is 6.07 Å². The van der Waals surface area contributed by atoms with E-state index in [1.54, 1.807) is 6.07 Å². The molecule has 0 aliphatic rings. The van der Waals surface area contributed by atoms with Crippen molar-refractivity contribution in [1.29, 1.82) is 5.26 Å². The number of hydrogen-bond acceptors (Lipinski definition) is 8. The van der Waals surface area contributed by atoms with Crippen LogP contribution >= 0.6 is 0 Å². The van der Waals surface area contributed by atoms with Crippen LogP contribution in [-0.4, -0.2) is 43.8 Å². The quantitative estimate of drug-likeness (QED) is 0.237. The summed E-state index contributed by atoms with van der Waals surface area (Å²) in [4.78, 5) is 27.3. The third-order valence-electron chi connectivity index (χ3n) is 5.52. The molecule has 0 aliphatic carbocycles. The maximum atomic E-state index is 13.7. The van der Waals surface area contributed by atoms with E-state index in [4.69, 9.17) is 14.6 Å². The average molecular weight is 597 g/mol. The predicted octanol–water partition coefficient (Wildman–Crippen LogP) is 6.20. The monoisotopic (exact) mass is 597 g/mol. The van der Waals surface area contributed by atoms with Crippen molar-refractivity contribution in [2.75, 3.05) is 6.61 Å². The van der Waals surface area contributed by atoms with Crippen molar-refractivity contribution >= 4 is 24.3 Å². The van der Waals surface area contributed by atoms with Crippen LogP contribution in [0.2, 0.25) is 0 Å². The molecule has 0 spiro atoms. The Bertz CT molecular complexity index is 1560. The summed E-state index contributed by atoms with van der Waals surface area (Å²) in [5.41, 5.74) is -4.99. The third-order valence-corrected chi connectivity index (χ3v) is 5.52. The molecule has 0 radical (unpaired) electrons. The number of nitriles is 1. The summed E-state index contributed by atoms with van der Waals surface area (Å²) in [6.45, 7) is 3.34. The lowest BCUT2D eigenvalue weighted by Crippen LogP contribution is -2.31. The number of rotatable bonds is 8. The van der Waals surface area contributed by atoms with E-state index in [1.807, 2.05) is 0 Å². The number of halogens is 6. The fourth-order valence-electron chi connectivity index (χ4n) is 3.21. The first-order chi connectivity index (χ1) is 19.4. The number of aromatic nitrogens is 4. The van der Waals surface area contributed by atoms with Crippen molar-refractivity contribution in [1.82, 2.24) is 20.0 Å². The number of aliphatic carboxylic acids is 1. The number of nitrogens with zero attached hydrogens (tertiary/aromatic N) is 5. The SMILES string of the molecule is CC(OC(=O)OCC(C)(C)C(=O)O)n1nc(C#N)c(-c2cc(C=Cc3cccc(C(F)(F)F)n3)cc(C(F)(F)F)c2)n1. The number of carbonyl (C=O) groups excluding carboxylic acids is 1. The van der Waals surface area contributed by atoms with E-state index in [9.17, 15) is 41.2 Å². The Hall–Kier alpha value is -4.94. The van der Waals surface area contributed by atoms with Crippen LogP contribution in [0.25, 0.3) is 23.4 Å². The second-order valence-corrected chi connectivity index (χ2v) is 9.39. The number of carboxylic acids is 1. The molecule has 1 atom stereocenters. The van der Waals surface area contributed by atoms with Gasteiger partial charge in [-0.3, -0.25) is 4.79 Å². The maximum absolute atomic E-state index is 13.7. The van der Waals surface area contributed by atoms with Gasteiger partial charge in [0.1, 0.15) is 24.1 Å². The number of hydrogen-bond donors (Lipinski definition) is 1. The standard InChI is InChI=1S/C26H21F6N5O5/c1-14(42-23(40)41-13-24(2,3)22(38)39)37-35-19(12-33)21(36-37)16-9-15(10-17(11-16)25(27,28)29)7-8-18-5-4-6-20(34-18)26(30,31)32/h4-11,14H,13H2,1-3H3,(H,38,39). The van der Waals surface area contributed by atoms with Crippen LogP contribution in [-0.2, 0) is 26.6 Å². The molecule has 1 unspecified atom stereocenters. The van der Waals surface area contributed by atoms with Gasteiger partial charge in [-0.15, -0.1) is 15.0 Å². The predicted molar refractivity (Wildman–Crippen MR) is 132 cm³/mol. The molecule has 1 N–H and O–H groups in total. The van der Waals surface area contributed by atoms with Gasteiger partial charge in [0.25, 0.3) is 0 Å². The molecule has 0 saturated carbocycles. The highest BCUT2D eigenvalue weighted by Gasteiger charge is 2.33. The number of alkyl halides is 6. The molecule has 2 heterocycles. The van der Waals surface area contributed by atoms with Crippen LogP contribution in [0.1, 0.15) is 55.2 Å². The molecule has 0 saturated heterocycles. The minimum absolute atomic E-state index is 0.105. The van der Waals surface area contributed by atoms with Gasteiger partial charge in [0.2, 0.25) is 6.23 Å². The van der Waals surface area contributed by atoms with Crippen LogP contribution in [0.5, 0.6) is 0 Å². The second-order valence-electron chi connectivity index (χ2n) is 9.39. The molecule has 0 fully saturated rings. The van der Waals surface area contributed by atoms with Crippen LogP contribution in [0, 0.1) is 16.7 Å². The molecule has 10 nitrogen and oxygen atoms in total. The summed E-state index contributed by atoms with van der Waals surface area (Å²) in [6, 6.07) is 7.39. The van der Waals surface area contributed by atoms with Crippen LogP contribution < -0.4 is 0 Å². The van der Waals surface area contributed by atoms with Gasteiger partial charge in [0.15, 0.2) is 5.69 Å². The third kappa shape index (κ3) is 7.83. The van der Waals surface area contributed by atoms with Gasteiger partial charge in [-0.25, -0.2) is 9.78 Å². The van der Waals surface area contributed by atoms with Gasteiger partial charge < -0.3 is 14.6 Å². The first kappa shape index (κ1) is 31.6. The Morgan fingerprint density at radius 2 is 1.76 bits per heavy atom. The molecule has 0 aliphatic heterocycles. The minimum Gasteiger partial charge on any atom is -0.481 e. The molecule has 3 rings (SSSR count). The van der Waals surface area contributed by atoms with Crippen molar-refractivity contribution in [2.24, 2.45) is 5.41 Å². The summed E-state index contributed by atoms with van der Waals surface area (Å²) >= 11 is 0. The molecule has 3 aromatic rings. The van der Waals surface area contributed by atoms with Gasteiger partial charge in [0, 0.05) is 5.56 Å². The van der Waals surface area contributed by atoms with E-state index in [-0.39, 0.29) is 22.5 Å². The summed E-state index contributed by atoms with van der Waals surface area (Å²) in [7, 11) is 0. The van der Waals surface area contributed by atoms with E-state index >= 15 is 0 Å². The smallest absolute Gasteiger partial charge is 0.481 e. The molecule has 1 aromatic carbocycles. The Morgan fingerprint density at radius 3 is 2.36 bits per heavy atom. The van der Waals surface area contributed by atoms with Gasteiger partial charge in [-0.2, -0.15) is 31.6 Å². The lowest BCUT2D eigenvalue weighted by atomic mass is 9.95. The van der Waals surface area contributed by atoms with Crippen molar-refractivity contribution in [2.45, 2.75) is 39.4 Å². The second kappa shape index (κ2) is 11.9. The summed E-state index contributed by atoms with van der Waals surface area (Å²) < 4.78 is 89.8. The fourth-order valence-corrected chi connectivity index (χ4v) is 3.21. The number of benzene rings is 1. The van der Waals surface area contributed by atoms with Crippen molar-refractivity contribution in [3.05, 3.63) is 64.6 Å². The molecule has 42 heavy (non-hydrogen) atoms. The first-order valence-corrected chi connectivity index (χ1v) is 11.8. The summed E-state index contributed by atoms with van der Waals surface area (Å²) in [5, 5.41) is 26.5. The van der Waals surface area contributed by atoms with E-state index in [1.165, 1.54) is 32.9 Å². The highest BCUT2D eigenvalue weighted by Crippen LogP contribution is 2.34. The van der Waals surface area contributed by atoms with Crippen molar-refractivity contribution in [3.8, 4) is 17.3 Å². The Morgan fingerprint density at radius 1 is 1.07 bits per heavy atom. The van der Waals surface area contributed by atoms with Gasteiger partial charge in [-0.05, 0) is 62.7 Å². The minimum atomic E-state index is -4.85. The molecule has 16 heteroatoms. The molecule has 0 amide bonds. The first-order valence-electron chi connectivity index (χ1n) is 11.8. The molecule has 2 aromatic heterocycles. The van der Waals surface area contributed by atoms with Crippen molar-refractivity contribution in [3.63, 3.8) is 0 Å². The molecule has 222 valence electrons. The van der Waals surface area contributed by atoms with Crippen LogP contribution in [0.4, 0.5) is 31.1 Å². The Labute approximate surface area is 233 Å². The molecular formula is C26H21F6N5O5. The van der Waals surface area contributed by atoms with Crippen LogP contribution in [0.3, 0.4) is 0 Å². The summed E-state index contributed by atoms with van der Waals surface area (Å²) in [6.07, 6.45) is -9.99. The van der Waals surface area contributed by atoms with Gasteiger partial charge >= 0.3 is 24.5 Å². The zero-order valence-electron chi connectivity index (χ0n) is 22.0. The number of carbonyl (C=O) groups is 2. The molecular weight excluding hydrogens is 576 g/mol. The zero-order valence-corrected chi connectivity index (χ0v) is 22.0.